The van der Waals surface area contributed by atoms with E-state index in [1.807, 2.05) is 18.2 Å². The molecule has 0 amide bonds. The fraction of sp³-hybridized carbons (Fsp3) is 0.550. The van der Waals surface area contributed by atoms with Crippen LogP contribution in [0.2, 0.25) is 0 Å². The largest absolute Gasteiger partial charge is 0.506 e. The van der Waals surface area contributed by atoms with Crippen LogP contribution in [0.3, 0.4) is 0 Å². The SMILES string of the molecule is CCC12CCN(CC1)[C@@H]([C@@H](O)c1c(O)cnc3ccc(OC)cc13)C2. The van der Waals surface area contributed by atoms with E-state index in [1.54, 1.807) is 7.11 Å². The topological polar surface area (TPSA) is 65.8 Å². The maximum absolute atomic E-state index is 11.2. The van der Waals surface area contributed by atoms with Crippen molar-refractivity contribution in [3.05, 3.63) is 30.0 Å². The number of aliphatic hydroxyl groups is 1. The molecule has 0 unspecified atom stereocenters. The molecular weight excluding hydrogens is 316 g/mol. The number of aliphatic hydroxyl groups excluding tert-OH is 1. The van der Waals surface area contributed by atoms with E-state index in [0.717, 1.165) is 36.8 Å². The molecule has 3 aliphatic heterocycles. The molecule has 2 N–H and O–H groups in total. The minimum atomic E-state index is -0.732. The first-order valence-electron chi connectivity index (χ1n) is 9.14. The number of ether oxygens (including phenoxy) is 1. The van der Waals surface area contributed by atoms with Gasteiger partial charge in [-0.25, -0.2) is 0 Å². The first-order chi connectivity index (χ1) is 12.1. The van der Waals surface area contributed by atoms with Crippen LogP contribution in [0.4, 0.5) is 0 Å². The number of nitrogens with zero attached hydrogens (tertiary/aromatic N) is 2. The second-order valence-electron chi connectivity index (χ2n) is 7.55. The summed E-state index contributed by atoms with van der Waals surface area (Å²) in [7, 11) is 1.62. The number of rotatable bonds is 4. The lowest BCUT2D eigenvalue weighted by Gasteiger charge is -2.54. The van der Waals surface area contributed by atoms with Crippen molar-refractivity contribution in [3.8, 4) is 11.5 Å². The zero-order valence-electron chi connectivity index (χ0n) is 14.9. The van der Waals surface area contributed by atoms with Gasteiger partial charge < -0.3 is 14.9 Å². The Bertz CT molecular complexity index is 784. The Morgan fingerprint density at radius 2 is 2.12 bits per heavy atom. The second-order valence-corrected chi connectivity index (χ2v) is 7.55. The smallest absolute Gasteiger partial charge is 0.140 e. The maximum atomic E-state index is 11.2. The van der Waals surface area contributed by atoms with Crippen LogP contribution in [0.5, 0.6) is 11.5 Å². The molecule has 0 aliphatic carbocycles. The number of methoxy groups -OCH3 is 1. The van der Waals surface area contributed by atoms with E-state index in [4.69, 9.17) is 4.74 Å². The molecule has 2 aromatic rings. The molecule has 25 heavy (non-hydrogen) atoms. The van der Waals surface area contributed by atoms with Crippen LogP contribution < -0.4 is 4.74 Å². The van der Waals surface area contributed by atoms with E-state index < -0.39 is 6.10 Å². The van der Waals surface area contributed by atoms with E-state index >= 15 is 0 Å². The van der Waals surface area contributed by atoms with Crippen molar-refractivity contribution in [3.63, 3.8) is 0 Å². The highest BCUT2D eigenvalue weighted by atomic mass is 16.5. The summed E-state index contributed by atoms with van der Waals surface area (Å²) in [6.45, 7) is 4.32. The van der Waals surface area contributed by atoms with Gasteiger partial charge in [0.1, 0.15) is 11.5 Å². The van der Waals surface area contributed by atoms with E-state index in [0.29, 0.717) is 16.7 Å². The normalized spacial score (nSPS) is 29.7. The molecule has 2 bridgehead atoms. The van der Waals surface area contributed by atoms with Gasteiger partial charge in [0, 0.05) is 17.0 Å². The fourth-order valence-electron chi connectivity index (χ4n) is 4.73. The predicted molar refractivity (Wildman–Crippen MR) is 96.9 cm³/mol. The van der Waals surface area contributed by atoms with Crippen LogP contribution in [-0.2, 0) is 0 Å². The van der Waals surface area contributed by atoms with Crippen LogP contribution in [-0.4, -0.2) is 46.3 Å². The lowest BCUT2D eigenvalue weighted by molar-refractivity contribution is -0.0730. The molecule has 3 aliphatic rings. The van der Waals surface area contributed by atoms with Crippen LogP contribution in [0, 0.1) is 5.41 Å². The molecule has 1 aromatic heterocycles. The van der Waals surface area contributed by atoms with Gasteiger partial charge in [-0.15, -0.1) is 0 Å². The maximum Gasteiger partial charge on any atom is 0.140 e. The molecule has 4 heterocycles. The molecule has 5 heteroatoms. The van der Waals surface area contributed by atoms with Crippen molar-refractivity contribution >= 4 is 10.9 Å². The van der Waals surface area contributed by atoms with Gasteiger partial charge in [0.2, 0.25) is 0 Å². The number of pyridine rings is 1. The number of aromatic nitrogens is 1. The molecule has 1 aromatic carbocycles. The summed E-state index contributed by atoms with van der Waals surface area (Å²) in [5, 5.41) is 22.5. The van der Waals surface area contributed by atoms with Crippen LogP contribution in [0.1, 0.15) is 44.3 Å². The van der Waals surface area contributed by atoms with Gasteiger partial charge in [-0.3, -0.25) is 9.88 Å². The van der Waals surface area contributed by atoms with Crippen molar-refractivity contribution in [1.29, 1.82) is 0 Å². The Balaban J connectivity index is 1.77. The predicted octanol–water partition coefficient (Wildman–Crippen LogP) is 3.25. The van der Waals surface area contributed by atoms with Gasteiger partial charge in [-0.1, -0.05) is 13.3 Å². The Morgan fingerprint density at radius 1 is 1.36 bits per heavy atom. The van der Waals surface area contributed by atoms with E-state index in [1.165, 1.54) is 19.0 Å². The molecule has 0 saturated carbocycles. The molecule has 134 valence electrons. The lowest BCUT2D eigenvalue weighted by Crippen LogP contribution is -2.55. The Kier molecular flexibility index (Phi) is 4.08. The first-order valence-corrected chi connectivity index (χ1v) is 9.14. The Labute approximate surface area is 148 Å². The monoisotopic (exact) mass is 342 g/mol. The fourth-order valence-corrected chi connectivity index (χ4v) is 4.73. The summed E-state index contributed by atoms with van der Waals surface area (Å²) < 4.78 is 5.32. The number of benzene rings is 1. The molecule has 0 radical (unpaired) electrons. The first kappa shape index (κ1) is 16.6. The zero-order valence-corrected chi connectivity index (χ0v) is 14.9. The number of hydrogen-bond donors (Lipinski definition) is 2. The van der Waals surface area contributed by atoms with Gasteiger partial charge in [0.05, 0.1) is 24.9 Å². The highest BCUT2D eigenvalue weighted by Crippen LogP contribution is 2.49. The summed E-state index contributed by atoms with van der Waals surface area (Å²) in [6, 6.07) is 5.61. The molecule has 3 fully saturated rings. The van der Waals surface area contributed by atoms with Gasteiger partial charge in [-0.2, -0.15) is 0 Å². The average molecular weight is 342 g/mol. The molecule has 5 rings (SSSR count). The highest BCUT2D eigenvalue weighted by molar-refractivity contribution is 5.85. The number of fused-ring (bicyclic) bond motifs is 4. The standard InChI is InChI=1S/C20H26N2O3/c1-3-20-6-8-22(9-7-20)16(11-20)19(24)18-14-10-13(25-2)4-5-15(14)21-12-17(18)23/h4-5,10,12,16,19,23-24H,3,6-9,11H2,1-2H3/t16-,19-/m1/s1. The van der Waals surface area contributed by atoms with E-state index in [-0.39, 0.29) is 11.8 Å². The summed E-state index contributed by atoms with van der Waals surface area (Å²) in [5.74, 6) is 0.755. The van der Waals surface area contributed by atoms with Crippen LogP contribution in [0.25, 0.3) is 10.9 Å². The van der Waals surface area contributed by atoms with Gasteiger partial charge >= 0.3 is 0 Å². The number of piperidine rings is 3. The summed E-state index contributed by atoms with van der Waals surface area (Å²) in [6.07, 6.45) is 5.27. The van der Waals surface area contributed by atoms with Crippen molar-refractivity contribution in [2.75, 3.05) is 20.2 Å². The minimum absolute atomic E-state index is 0.0464. The van der Waals surface area contributed by atoms with Crippen molar-refractivity contribution in [2.24, 2.45) is 5.41 Å². The van der Waals surface area contributed by atoms with Crippen LogP contribution in [0.15, 0.2) is 24.4 Å². The van der Waals surface area contributed by atoms with E-state index in [2.05, 4.69) is 16.8 Å². The highest BCUT2D eigenvalue weighted by Gasteiger charge is 2.46. The lowest BCUT2D eigenvalue weighted by atomic mass is 9.66. The van der Waals surface area contributed by atoms with Gasteiger partial charge in [0.15, 0.2) is 0 Å². The quantitative estimate of drug-likeness (QED) is 0.893. The van der Waals surface area contributed by atoms with Crippen molar-refractivity contribution < 1.29 is 14.9 Å². The van der Waals surface area contributed by atoms with Crippen molar-refractivity contribution in [1.82, 2.24) is 9.88 Å². The molecule has 0 spiro atoms. The minimum Gasteiger partial charge on any atom is -0.506 e. The third kappa shape index (κ3) is 2.66. The molecule has 3 saturated heterocycles. The summed E-state index contributed by atoms with van der Waals surface area (Å²) in [4.78, 5) is 6.67. The molecule has 5 nitrogen and oxygen atoms in total. The summed E-state index contributed by atoms with van der Waals surface area (Å²) in [5.41, 5.74) is 1.68. The zero-order chi connectivity index (χ0) is 17.6. The van der Waals surface area contributed by atoms with Gasteiger partial charge in [-0.05, 0) is 56.0 Å². The van der Waals surface area contributed by atoms with E-state index in [9.17, 15) is 10.2 Å². The van der Waals surface area contributed by atoms with Gasteiger partial charge in [0.25, 0.3) is 0 Å². The second kappa shape index (κ2) is 6.15. The third-order valence-electron chi connectivity index (χ3n) is 6.48. The third-order valence-corrected chi connectivity index (χ3v) is 6.48. The number of hydrogen-bond acceptors (Lipinski definition) is 5. The van der Waals surface area contributed by atoms with Crippen LogP contribution >= 0.6 is 0 Å². The number of aromatic hydroxyl groups is 1. The molecular formula is C20H26N2O3. The van der Waals surface area contributed by atoms with Crippen molar-refractivity contribution in [2.45, 2.75) is 44.8 Å². The average Bonchev–Trinajstić information content (AvgIpc) is 2.67. The Hall–Kier alpha value is -1.85. The Morgan fingerprint density at radius 3 is 2.80 bits per heavy atom. The molecule has 2 atom stereocenters. The summed E-state index contributed by atoms with van der Waals surface area (Å²) >= 11 is 0.